The Bertz CT molecular complexity index is 1360. The quantitative estimate of drug-likeness (QED) is 0.319. The smallest absolute Gasteiger partial charge is 0.422 e. The monoisotopic (exact) mass is 783 g/mol. The van der Waals surface area contributed by atoms with E-state index < -0.39 is 18.4 Å². The van der Waals surface area contributed by atoms with Gasteiger partial charge in [0.25, 0.3) is 0 Å². The molecule has 2 unspecified atom stereocenters. The van der Waals surface area contributed by atoms with Crippen LogP contribution in [0.1, 0.15) is 47.0 Å². The van der Waals surface area contributed by atoms with Gasteiger partial charge in [0.2, 0.25) is 0 Å². The van der Waals surface area contributed by atoms with E-state index in [1.54, 1.807) is 4.90 Å². The molecular formula is C29H38BrF3IN5O4. The maximum absolute atomic E-state index is 13.2. The number of rotatable bonds is 5. The molecule has 3 aliphatic heterocycles. The predicted octanol–water partition coefficient (Wildman–Crippen LogP) is 6.49. The summed E-state index contributed by atoms with van der Waals surface area (Å²) in [6, 6.07) is 2.00. The number of anilines is 1. The van der Waals surface area contributed by atoms with Gasteiger partial charge in [-0.3, -0.25) is 0 Å². The van der Waals surface area contributed by atoms with Crippen LogP contribution in [0.25, 0.3) is 10.9 Å². The molecule has 3 fully saturated rings. The molecule has 0 saturated carbocycles. The normalized spacial score (nSPS) is 22.9. The molecular weight excluding hydrogens is 746 g/mol. The van der Waals surface area contributed by atoms with Crippen molar-refractivity contribution in [1.82, 2.24) is 19.8 Å². The molecule has 43 heavy (non-hydrogen) atoms. The van der Waals surface area contributed by atoms with Gasteiger partial charge in [-0.05, 0) is 91.7 Å². The minimum Gasteiger partial charge on any atom is -0.481 e. The molecule has 1 aromatic carbocycles. The van der Waals surface area contributed by atoms with Gasteiger partial charge in [-0.2, -0.15) is 23.1 Å². The van der Waals surface area contributed by atoms with E-state index in [1.165, 1.54) is 0 Å². The minimum absolute atomic E-state index is 0.0115. The molecule has 1 spiro atoms. The second kappa shape index (κ2) is 12.2. The largest absolute Gasteiger partial charge is 0.481 e. The molecule has 0 aliphatic carbocycles. The van der Waals surface area contributed by atoms with Gasteiger partial charge in [0.05, 0.1) is 4.47 Å². The minimum atomic E-state index is -4.51. The number of alkyl halides is 3. The highest BCUT2D eigenvalue weighted by atomic mass is 127. The Labute approximate surface area is 272 Å². The molecule has 238 valence electrons. The van der Waals surface area contributed by atoms with Crippen LogP contribution in [0.4, 0.5) is 23.8 Å². The number of benzene rings is 1. The summed E-state index contributed by atoms with van der Waals surface area (Å²) in [7, 11) is 2.07. The Morgan fingerprint density at radius 2 is 1.84 bits per heavy atom. The Balaban J connectivity index is 1.43. The third-order valence-electron chi connectivity index (χ3n) is 8.29. The fourth-order valence-electron chi connectivity index (χ4n) is 6.10. The third-order valence-corrected chi connectivity index (χ3v) is 10.7. The van der Waals surface area contributed by atoms with Crippen LogP contribution in [0.15, 0.2) is 10.5 Å². The zero-order valence-electron chi connectivity index (χ0n) is 25.1. The van der Waals surface area contributed by atoms with E-state index in [0.717, 1.165) is 32.4 Å². The van der Waals surface area contributed by atoms with E-state index in [0.29, 0.717) is 45.4 Å². The summed E-state index contributed by atoms with van der Waals surface area (Å²) in [5, 5.41) is 0.605. The summed E-state index contributed by atoms with van der Waals surface area (Å²) >= 11 is 5.51. The van der Waals surface area contributed by atoms with E-state index in [4.69, 9.17) is 19.2 Å². The van der Waals surface area contributed by atoms with Crippen molar-refractivity contribution in [3.05, 3.63) is 14.1 Å². The number of carbonyl (C=O) groups is 1. The SMILES string of the molecule is CC1CN(C)CCC1Oc1nc(N2CCC3(CC2)CN(C(=O)OC(C)(C)C)C3)c2cc(I)c(Br)c(OCC(F)(F)F)c2n1. The number of nitrogens with zero attached hydrogens (tertiary/aromatic N) is 5. The first kappa shape index (κ1) is 32.6. The van der Waals surface area contributed by atoms with E-state index in [-0.39, 0.29) is 40.8 Å². The molecule has 1 amide bonds. The lowest BCUT2D eigenvalue weighted by molar-refractivity contribution is -0.153. The topological polar surface area (TPSA) is 80.3 Å². The first-order valence-corrected chi connectivity index (χ1v) is 16.4. The lowest BCUT2D eigenvalue weighted by Gasteiger charge is -2.53. The maximum Gasteiger partial charge on any atom is 0.422 e. The van der Waals surface area contributed by atoms with Crippen molar-refractivity contribution in [3.8, 4) is 11.8 Å². The van der Waals surface area contributed by atoms with Crippen LogP contribution in [0, 0.1) is 14.9 Å². The van der Waals surface area contributed by atoms with Crippen molar-refractivity contribution in [3.63, 3.8) is 0 Å². The molecule has 3 aliphatic rings. The lowest BCUT2D eigenvalue weighted by atomic mass is 9.72. The van der Waals surface area contributed by atoms with Crippen LogP contribution in [0.3, 0.4) is 0 Å². The summed E-state index contributed by atoms with van der Waals surface area (Å²) in [5.41, 5.74) is -0.257. The second-order valence-corrected chi connectivity index (χ2v) is 15.1. The van der Waals surface area contributed by atoms with Gasteiger partial charge in [0, 0.05) is 59.6 Å². The molecule has 4 heterocycles. The number of halogens is 5. The van der Waals surface area contributed by atoms with Crippen molar-refractivity contribution >= 4 is 61.3 Å². The second-order valence-electron chi connectivity index (χ2n) is 13.1. The maximum atomic E-state index is 13.2. The number of amides is 1. The summed E-state index contributed by atoms with van der Waals surface area (Å²) in [4.78, 5) is 28.2. The highest BCUT2D eigenvalue weighted by molar-refractivity contribution is 14.1. The summed E-state index contributed by atoms with van der Waals surface area (Å²) < 4.78 is 58.0. The summed E-state index contributed by atoms with van der Waals surface area (Å²) in [6.45, 7) is 10.6. The predicted molar refractivity (Wildman–Crippen MR) is 169 cm³/mol. The van der Waals surface area contributed by atoms with Gasteiger partial charge in [-0.1, -0.05) is 6.92 Å². The molecule has 2 atom stereocenters. The van der Waals surface area contributed by atoms with Crippen molar-refractivity contribution in [2.75, 3.05) is 57.8 Å². The zero-order chi connectivity index (χ0) is 31.3. The van der Waals surface area contributed by atoms with Crippen LogP contribution in [-0.4, -0.2) is 96.7 Å². The molecule has 2 aromatic rings. The number of carbonyl (C=O) groups excluding carboxylic acids is 1. The van der Waals surface area contributed by atoms with Gasteiger partial charge in [-0.15, -0.1) is 0 Å². The van der Waals surface area contributed by atoms with Crippen LogP contribution in [0.5, 0.6) is 11.8 Å². The molecule has 3 saturated heterocycles. The Hall–Kier alpha value is -1.81. The van der Waals surface area contributed by atoms with Gasteiger partial charge in [-0.25, -0.2) is 4.79 Å². The highest BCUT2D eigenvalue weighted by Gasteiger charge is 2.48. The Kier molecular flexibility index (Phi) is 9.23. The first-order chi connectivity index (χ1) is 20.0. The average molecular weight is 784 g/mol. The fourth-order valence-corrected chi connectivity index (χ4v) is 7.07. The molecule has 0 radical (unpaired) electrons. The van der Waals surface area contributed by atoms with Gasteiger partial charge < -0.3 is 28.9 Å². The summed E-state index contributed by atoms with van der Waals surface area (Å²) in [5.74, 6) is 0.859. The number of ether oxygens (including phenoxy) is 3. The number of piperidine rings is 2. The molecule has 1 aromatic heterocycles. The standard InChI is InChI=1S/C29H38BrF3IN5O4/c1-17-13-37(5)9-6-20(17)42-25-35-22-18(12-19(34)21(30)23(22)41-16-29(31,32)33)24(36-25)38-10-7-28(8-11-38)14-39(15-28)26(40)43-27(2,3)4/h12,17,20H,6-11,13-16H2,1-5H3. The zero-order valence-corrected chi connectivity index (χ0v) is 28.8. The van der Waals surface area contributed by atoms with Crippen molar-refractivity contribution in [2.24, 2.45) is 11.3 Å². The van der Waals surface area contributed by atoms with Crippen molar-refractivity contribution < 1.29 is 32.2 Å². The van der Waals surface area contributed by atoms with Crippen LogP contribution >= 0.6 is 38.5 Å². The number of hydrogen-bond acceptors (Lipinski definition) is 8. The van der Waals surface area contributed by atoms with Crippen molar-refractivity contribution in [1.29, 1.82) is 0 Å². The molecule has 5 rings (SSSR count). The molecule has 0 N–H and O–H groups in total. The molecule has 9 nitrogen and oxygen atoms in total. The first-order valence-electron chi connectivity index (χ1n) is 14.5. The van der Waals surface area contributed by atoms with E-state index in [1.807, 2.05) is 26.8 Å². The highest BCUT2D eigenvalue weighted by Crippen LogP contribution is 2.45. The Morgan fingerprint density at radius 3 is 2.44 bits per heavy atom. The summed E-state index contributed by atoms with van der Waals surface area (Å²) in [6.07, 6.45) is -2.45. The van der Waals surface area contributed by atoms with Crippen LogP contribution < -0.4 is 14.4 Å². The molecule has 14 heteroatoms. The number of fused-ring (bicyclic) bond motifs is 1. The van der Waals surface area contributed by atoms with Crippen molar-refractivity contribution in [2.45, 2.75) is 64.8 Å². The number of hydrogen-bond donors (Lipinski definition) is 0. The average Bonchev–Trinajstić information content (AvgIpc) is 2.87. The Morgan fingerprint density at radius 1 is 1.16 bits per heavy atom. The van der Waals surface area contributed by atoms with E-state index in [2.05, 4.69) is 67.3 Å². The van der Waals surface area contributed by atoms with Gasteiger partial charge in [0.1, 0.15) is 23.0 Å². The third kappa shape index (κ3) is 7.54. The lowest BCUT2D eigenvalue weighted by Crippen LogP contribution is -2.62. The molecule has 0 bridgehead atoms. The van der Waals surface area contributed by atoms with Gasteiger partial charge >= 0.3 is 18.3 Å². The van der Waals surface area contributed by atoms with Crippen LogP contribution in [-0.2, 0) is 4.74 Å². The van der Waals surface area contributed by atoms with E-state index in [9.17, 15) is 18.0 Å². The fraction of sp³-hybridized carbons (Fsp3) is 0.690. The number of likely N-dealkylation sites (tertiary alicyclic amines) is 2. The van der Waals surface area contributed by atoms with Crippen LogP contribution in [0.2, 0.25) is 0 Å². The number of aromatic nitrogens is 2. The van der Waals surface area contributed by atoms with E-state index >= 15 is 0 Å². The van der Waals surface area contributed by atoms with Gasteiger partial charge in [0.15, 0.2) is 12.4 Å².